The lowest BCUT2D eigenvalue weighted by atomic mass is 10.2. The minimum Gasteiger partial charge on any atom is -0.469 e. The van der Waals surface area contributed by atoms with Crippen molar-refractivity contribution in [3.63, 3.8) is 0 Å². The van der Waals surface area contributed by atoms with Gasteiger partial charge in [-0.05, 0) is 33.8 Å². The van der Waals surface area contributed by atoms with Crippen LogP contribution in [0.4, 0.5) is 0 Å². The summed E-state index contributed by atoms with van der Waals surface area (Å²) in [4.78, 5) is 24.0. The Kier molecular flexibility index (Phi) is 6.41. The number of Topliss-reactive ketones (excluding diaryl/α,β-unsaturated/α-hetero) is 1. The lowest BCUT2D eigenvalue weighted by Crippen LogP contribution is -2.11. The van der Waals surface area contributed by atoms with Crippen LogP contribution in [0, 0.1) is 13.8 Å². The van der Waals surface area contributed by atoms with Crippen molar-refractivity contribution in [2.24, 2.45) is 0 Å². The van der Waals surface area contributed by atoms with Crippen LogP contribution in [0.25, 0.3) is 0 Å². The lowest BCUT2D eigenvalue weighted by molar-refractivity contribution is -0.140. The number of ether oxygens (including phenoxy) is 1. The number of hydrogen-bond acceptors (Lipinski definition) is 6. The van der Waals surface area contributed by atoms with Gasteiger partial charge in [0.25, 0.3) is 0 Å². The van der Waals surface area contributed by atoms with Crippen molar-refractivity contribution in [1.29, 1.82) is 0 Å². The molecular weight excluding hydrogens is 340 g/mol. The zero-order valence-electron chi connectivity index (χ0n) is 15.3. The normalized spacial score (nSPS) is 11.1. The number of methoxy groups -OCH3 is 1. The number of nitrogens with zero attached hydrogens (tertiary/aromatic N) is 4. The van der Waals surface area contributed by atoms with E-state index in [4.69, 9.17) is 0 Å². The molecule has 0 radical (unpaired) electrons. The molecule has 2 aromatic heterocycles. The minimum absolute atomic E-state index is 0.0423. The monoisotopic (exact) mass is 364 g/mol. The van der Waals surface area contributed by atoms with Gasteiger partial charge >= 0.3 is 5.97 Å². The van der Waals surface area contributed by atoms with Crippen LogP contribution in [-0.4, -0.2) is 43.9 Å². The standard InChI is InChI=1S/C17H24N4O3S/c1-11(2)21-10-18-19-17(21)25-9-15(22)14-8-12(3)20(13(14)4)7-6-16(23)24-5/h8,10-11H,6-7,9H2,1-5H3. The van der Waals surface area contributed by atoms with Crippen LogP contribution in [0.15, 0.2) is 17.6 Å². The first-order valence-electron chi connectivity index (χ1n) is 8.14. The Labute approximate surface area is 151 Å². The average Bonchev–Trinajstić information content (AvgIpc) is 3.15. The summed E-state index contributed by atoms with van der Waals surface area (Å²) < 4.78 is 8.60. The van der Waals surface area contributed by atoms with Crippen molar-refractivity contribution in [3.8, 4) is 0 Å². The third-order valence-corrected chi connectivity index (χ3v) is 5.03. The molecule has 0 aromatic carbocycles. The van der Waals surface area contributed by atoms with Gasteiger partial charge < -0.3 is 13.9 Å². The molecule has 0 amide bonds. The van der Waals surface area contributed by atoms with Gasteiger partial charge in [0.05, 0.1) is 19.3 Å². The number of aryl methyl sites for hydroxylation is 1. The third-order valence-electron chi connectivity index (χ3n) is 4.07. The molecule has 7 nitrogen and oxygen atoms in total. The zero-order chi connectivity index (χ0) is 18.6. The van der Waals surface area contributed by atoms with Gasteiger partial charge in [0.15, 0.2) is 10.9 Å². The molecule has 2 heterocycles. The molecule has 2 rings (SSSR count). The van der Waals surface area contributed by atoms with Crippen LogP contribution < -0.4 is 0 Å². The largest absolute Gasteiger partial charge is 0.469 e. The van der Waals surface area contributed by atoms with E-state index < -0.39 is 0 Å². The van der Waals surface area contributed by atoms with Gasteiger partial charge in [-0.1, -0.05) is 11.8 Å². The average molecular weight is 364 g/mol. The molecule has 0 saturated heterocycles. The molecule has 0 spiro atoms. The van der Waals surface area contributed by atoms with E-state index in [1.54, 1.807) is 6.33 Å². The van der Waals surface area contributed by atoms with Gasteiger partial charge in [0, 0.05) is 29.5 Å². The van der Waals surface area contributed by atoms with E-state index in [9.17, 15) is 9.59 Å². The maximum atomic E-state index is 12.6. The third kappa shape index (κ3) is 4.50. The highest BCUT2D eigenvalue weighted by molar-refractivity contribution is 7.99. The van der Waals surface area contributed by atoms with E-state index >= 15 is 0 Å². The molecular formula is C17H24N4O3S. The zero-order valence-corrected chi connectivity index (χ0v) is 16.1. The Bertz CT molecular complexity index is 764. The first-order valence-corrected chi connectivity index (χ1v) is 9.12. The fraction of sp³-hybridized carbons (Fsp3) is 0.529. The van der Waals surface area contributed by atoms with Crippen LogP contribution in [0.5, 0.6) is 0 Å². The molecule has 0 N–H and O–H groups in total. The van der Waals surface area contributed by atoms with E-state index in [2.05, 4.69) is 14.9 Å². The van der Waals surface area contributed by atoms with E-state index in [0.29, 0.717) is 17.9 Å². The molecule has 0 aliphatic carbocycles. The molecule has 0 atom stereocenters. The van der Waals surface area contributed by atoms with Crippen molar-refractivity contribution < 1.29 is 14.3 Å². The quantitative estimate of drug-likeness (QED) is 0.407. The lowest BCUT2D eigenvalue weighted by Gasteiger charge is -2.10. The van der Waals surface area contributed by atoms with Crippen molar-refractivity contribution in [2.75, 3.05) is 12.9 Å². The first-order chi connectivity index (χ1) is 11.8. The Balaban J connectivity index is 2.07. The number of aromatic nitrogens is 4. The number of carbonyl (C=O) groups is 2. The number of carbonyl (C=O) groups excluding carboxylic acids is 2. The maximum absolute atomic E-state index is 12.6. The fourth-order valence-electron chi connectivity index (χ4n) is 2.63. The predicted molar refractivity (Wildman–Crippen MR) is 96.0 cm³/mol. The number of hydrogen-bond donors (Lipinski definition) is 0. The summed E-state index contributed by atoms with van der Waals surface area (Å²) in [5.41, 5.74) is 2.52. The number of thioether (sulfide) groups is 1. The summed E-state index contributed by atoms with van der Waals surface area (Å²) in [6.45, 7) is 8.43. The summed E-state index contributed by atoms with van der Waals surface area (Å²) in [6, 6.07) is 2.12. The summed E-state index contributed by atoms with van der Waals surface area (Å²) in [6.07, 6.45) is 1.96. The van der Waals surface area contributed by atoms with Gasteiger partial charge in [-0.2, -0.15) is 0 Å². The molecule has 0 unspecified atom stereocenters. The molecule has 2 aromatic rings. The fourth-order valence-corrected chi connectivity index (χ4v) is 3.56. The summed E-state index contributed by atoms with van der Waals surface area (Å²) in [7, 11) is 1.37. The van der Waals surface area contributed by atoms with Crippen molar-refractivity contribution >= 4 is 23.5 Å². The highest BCUT2D eigenvalue weighted by atomic mass is 32.2. The summed E-state index contributed by atoms with van der Waals surface area (Å²) in [5.74, 6) is 0.0804. The Morgan fingerprint density at radius 3 is 2.68 bits per heavy atom. The maximum Gasteiger partial charge on any atom is 0.307 e. The molecule has 0 bridgehead atoms. The second-order valence-electron chi connectivity index (χ2n) is 6.09. The van der Waals surface area contributed by atoms with Gasteiger partial charge in [0.1, 0.15) is 6.33 Å². The molecule has 0 saturated carbocycles. The first kappa shape index (κ1) is 19.2. The topological polar surface area (TPSA) is 79.0 Å². The Hall–Kier alpha value is -2.09. The highest BCUT2D eigenvalue weighted by Gasteiger charge is 2.18. The molecule has 136 valence electrons. The number of esters is 1. The Morgan fingerprint density at radius 1 is 1.32 bits per heavy atom. The van der Waals surface area contributed by atoms with Crippen molar-refractivity contribution in [1.82, 2.24) is 19.3 Å². The second-order valence-corrected chi connectivity index (χ2v) is 7.03. The van der Waals surface area contributed by atoms with Gasteiger partial charge in [-0.25, -0.2) is 0 Å². The SMILES string of the molecule is COC(=O)CCn1c(C)cc(C(=O)CSc2nncn2C(C)C)c1C. The van der Waals surface area contributed by atoms with E-state index in [1.807, 2.05) is 42.9 Å². The van der Waals surface area contributed by atoms with Crippen LogP contribution in [0.1, 0.15) is 48.1 Å². The summed E-state index contributed by atoms with van der Waals surface area (Å²) in [5, 5.41) is 8.72. The molecule has 0 aliphatic heterocycles. The predicted octanol–water partition coefficient (Wildman–Crippen LogP) is 2.82. The smallest absolute Gasteiger partial charge is 0.307 e. The van der Waals surface area contributed by atoms with Gasteiger partial charge in [-0.3, -0.25) is 9.59 Å². The van der Waals surface area contributed by atoms with Crippen molar-refractivity contribution in [3.05, 3.63) is 29.3 Å². The van der Waals surface area contributed by atoms with Crippen molar-refractivity contribution in [2.45, 2.75) is 51.9 Å². The van der Waals surface area contributed by atoms with Crippen LogP contribution in [0.2, 0.25) is 0 Å². The van der Waals surface area contributed by atoms with E-state index in [-0.39, 0.29) is 24.2 Å². The number of rotatable bonds is 8. The molecule has 0 fully saturated rings. The number of ketones is 1. The van der Waals surface area contributed by atoms with Crippen LogP contribution in [-0.2, 0) is 16.1 Å². The molecule has 25 heavy (non-hydrogen) atoms. The van der Waals surface area contributed by atoms with E-state index in [1.165, 1.54) is 18.9 Å². The van der Waals surface area contributed by atoms with Gasteiger partial charge in [0.2, 0.25) is 0 Å². The van der Waals surface area contributed by atoms with Gasteiger partial charge in [-0.15, -0.1) is 10.2 Å². The second kappa shape index (κ2) is 8.33. The highest BCUT2D eigenvalue weighted by Crippen LogP contribution is 2.22. The Morgan fingerprint density at radius 2 is 2.04 bits per heavy atom. The summed E-state index contributed by atoms with van der Waals surface area (Å²) >= 11 is 1.39. The van der Waals surface area contributed by atoms with E-state index in [0.717, 1.165) is 16.5 Å². The minimum atomic E-state index is -0.260. The van der Waals surface area contributed by atoms with Crippen LogP contribution >= 0.6 is 11.8 Å². The molecule has 0 aliphatic rings. The van der Waals surface area contributed by atoms with Crippen LogP contribution in [0.3, 0.4) is 0 Å². The molecule has 8 heteroatoms.